The summed E-state index contributed by atoms with van der Waals surface area (Å²) in [5.41, 5.74) is 1.21. The van der Waals surface area contributed by atoms with Crippen LogP contribution in [0.2, 0.25) is 5.02 Å². The molecule has 0 spiro atoms. The molecule has 2 aromatic rings. The van der Waals surface area contributed by atoms with Gasteiger partial charge in [0.15, 0.2) is 0 Å². The first-order valence-corrected chi connectivity index (χ1v) is 6.47. The topological polar surface area (TPSA) is 40.5 Å². The molecular weight excluding hydrogens is 281 g/mol. The summed E-state index contributed by atoms with van der Waals surface area (Å²) >= 11 is 6.15. The van der Waals surface area contributed by atoms with Gasteiger partial charge in [-0.15, -0.1) is 0 Å². The molecule has 0 aliphatic rings. The Morgan fingerprint density at radius 1 is 1.25 bits per heavy atom. The van der Waals surface area contributed by atoms with Gasteiger partial charge < -0.3 is 10.0 Å². The molecule has 0 aliphatic carbocycles. The summed E-state index contributed by atoms with van der Waals surface area (Å²) in [5.74, 6) is -1.40. The highest BCUT2D eigenvalue weighted by atomic mass is 35.5. The fourth-order valence-electron chi connectivity index (χ4n) is 2.05. The number of carbonyl (C=O) groups is 1. The van der Waals surface area contributed by atoms with Crippen molar-refractivity contribution in [3.05, 3.63) is 58.9 Å². The molecule has 0 aromatic heterocycles. The van der Waals surface area contributed by atoms with Crippen molar-refractivity contribution in [2.24, 2.45) is 0 Å². The Morgan fingerprint density at radius 2 is 1.90 bits per heavy atom. The molecular formula is C15H13ClFNO2. The quantitative estimate of drug-likeness (QED) is 0.912. The van der Waals surface area contributed by atoms with Gasteiger partial charge in [-0.1, -0.05) is 17.7 Å². The molecule has 104 valence electrons. The molecule has 2 rings (SSSR count). The molecule has 0 heterocycles. The summed E-state index contributed by atoms with van der Waals surface area (Å²) in [5, 5.41) is 9.62. The molecule has 0 radical (unpaired) electrons. The molecule has 0 bridgehead atoms. The van der Waals surface area contributed by atoms with E-state index in [4.69, 9.17) is 11.6 Å². The molecule has 0 amide bonds. The second kappa shape index (κ2) is 5.92. The van der Waals surface area contributed by atoms with Crippen LogP contribution in [0.3, 0.4) is 0 Å². The number of hydrogen-bond donors (Lipinski definition) is 1. The van der Waals surface area contributed by atoms with Crippen LogP contribution in [-0.4, -0.2) is 17.6 Å². The predicted molar refractivity (Wildman–Crippen MR) is 77.5 cm³/mol. The lowest BCUT2D eigenvalue weighted by Crippen LogP contribution is -2.19. The highest BCUT2D eigenvalue weighted by Crippen LogP contribution is 2.35. The van der Waals surface area contributed by atoms with Crippen LogP contribution >= 0.6 is 11.6 Å². The van der Waals surface area contributed by atoms with Crippen molar-refractivity contribution in [1.82, 2.24) is 0 Å². The van der Waals surface area contributed by atoms with E-state index in [2.05, 4.69) is 0 Å². The van der Waals surface area contributed by atoms with E-state index in [1.807, 2.05) is 6.92 Å². The zero-order valence-electron chi connectivity index (χ0n) is 10.8. The van der Waals surface area contributed by atoms with Gasteiger partial charge >= 0.3 is 5.97 Å². The van der Waals surface area contributed by atoms with Crippen molar-refractivity contribution < 1.29 is 14.3 Å². The Hall–Kier alpha value is -2.07. The third-order valence-electron chi connectivity index (χ3n) is 2.94. The molecule has 0 saturated carbocycles. The lowest BCUT2D eigenvalue weighted by atomic mass is 10.1. The summed E-state index contributed by atoms with van der Waals surface area (Å²) in [4.78, 5) is 13.1. The first kappa shape index (κ1) is 14.3. The largest absolute Gasteiger partial charge is 0.478 e. The SMILES string of the molecule is CCN(c1ccc(F)cc1)c1c(Cl)cccc1C(=O)O. The minimum absolute atomic E-state index is 0.115. The summed E-state index contributed by atoms with van der Waals surface area (Å²) in [6.45, 7) is 2.38. The van der Waals surface area contributed by atoms with Gasteiger partial charge in [0.05, 0.1) is 16.3 Å². The van der Waals surface area contributed by atoms with E-state index in [0.717, 1.165) is 0 Å². The molecule has 0 unspecified atom stereocenters. The first-order valence-electron chi connectivity index (χ1n) is 6.09. The van der Waals surface area contributed by atoms with Gasteiger partial charge in [-0.05, 0) is 43.3 Å². The average molecular weight is 294 g/mol. The Labute approximate surface area is 121 Å². The van der Waals surface area contributed by atoms with E-state index in [9.17, 15) is 14.3 Å². The number of halogens is 2. The fraction of sp³-hybridized carbons (Fsp3) is 0.133. The van der Waals surface area contributed by atoms with Crippen LogP contribution in [0.5, 0.6) is 0 Å². The number of nitrogens with zero attached hydrogens (tertiary/aromatic N) is 1. The van der Waals surface area contributed by atoms with Crippen molar-refractivity contribution in [3.63, 3.8) is 0 Å². The predicted octanol–water partition coefficient (Wildman–Crippen LogP) is 4.34. The normalized spacial score (nSPS) is 10.3. The van der Waals surface area contributed by atoms with Crippen molar-refractivity contribution in [3.8, 4) is 0 Å². The zero-order valence-corrected chi connectivity index (χ0v) is 11.6. The average Bonchev–Trinajstić information content (AvgIpc) is 2.43. The lowest BCUT2D eigenvalue weighted by Gasteiger charge is -2.26. The maximum Gasteiger partial charge on any atom is 0.337 e. The van der Waals surface area contributed by atoms with Crippen molar-refractivity contribution >= 4 is 28.9 Å². The van der Waals surface area contributed by atoms with Gasteiger partial charge in [-0.2, -0.15) is 0 Å². The fourth-order valence-corrected chi connectivity index (χ4v) is 2.33. The van der Waals surface area contributed by atoms with Crippen LogP contribution in [0.15, 0.2) is 42.5 Å². The minimum Gasteiger partial charge on any atom is -0.478 e. The number of aromatic carboxylic acids is 1. The molecule has 0 atom stereocenters. The second-order valence-electron chi connectivity index (χ2n) is 4.16. The maximum atomic E-state index is 13.0. The molecule has 0 fully saturated rings. The van der Waals surface area contributed by atoms with Gasteiger partial charge in [0.25, 0.3) is 0 Å². The number of carboxylic acid groups (broad SMARTS) is 1. The Bertz CT molecular complexity index is 628. The van der Waals surface area contributed by atoms with Gasteiger partial charge in [0, 0.05) is 12.2 Å². The third kappa shape index (κ3) is 2.75. The van der Waals surface area contributed by atoms with Crippen LogP contribution in [0, 0.1) is 5.82 Å². The van der Waals surface area contributed by atoms with Crippen LogP contribution < -0.4 is 4.90 Å². The zero-order chi connectivity index (χ0) is 14.7. The monoisotopic (exact) mass is 293 g/mol. The van der Waals surface area contributed by atoms with Gasteiger partial charge in [0.2, 0.25) is 0 Å². The smallest absolute Gasteiger partial charge is 0.337 e. The molecule has 0 aliphatic heterocycles. The Kier molecular flexibility index (Phi) is 4.25. The second-order valence-corrected chi connectivity index (χ2v) is 4.57. The first-order chi connectivity index (χ1) is 9.54. The van der Waals surface area contributed by atoms with Crippen LogP contribution in [0.4, 0.5) is 15.8 Å². The van der Waals surface area contributed by atoms with E-state index in [0.29, 0.717) is 22.9 Å². The lowest BCUT2D eigenvalue weighted by molar-refractivity contribution is 0.0697. The van der Waals surface area contributed by atoms with Crippen molar-refractivity contribution in [2.45, 2.75) is 6.92 Å². The van der Waals surface area contributed by atoms with Gasteiger partial charge in [0.1, 0.15) is 5.82 Å². The van der Waals surface area contributed by atoms with Crippen LogP contribution in [0.1, 0.15) is 17.3 Å². The summed E-state index contributed by atoms with van der Waals surface area (Å²) < 4.78 is 13.0. The van der Waals surface area contributed by atoms with Gasteiger partial charge in [-0.3, -0.25) is 0 Å². The van der Waals surface area contributed by atoms with Gasteiger partial charge in [-0.25, -0.2) is 9.18 Å². The number of hydrogen-bond acceptors (Lipinski definition) is 2. The maximum absolute atomic E-state index is 13.0. The number of benzene rings is 2. The van der Waals surface area contributed by atoms with E-state index < -0.39 is 5.97 Å². The van der Waals surface area contributed by atoms with E-state index in [1.54, 1.807) is 29.2 Å². The number of anilines is 2. The molecule has 5 heteroatoms. The standard InChI is InChI=1S/C15H13ClFNO2/c1-2-18(11-8-6-10(17)7-9-11)14-12(15(19)20)4-3-5-13(14)16/h3-9H,2H2,1H3,(H,19,20). The number of carboxylic acids is 1. The molecule has 1 N–H and O–H groups in total. The molecule has 2 aromatic carbocycles. The number of rotatable bonds is 4. The third-order valence-corrected chi connectivity index (χ3v) is 3.25. The molecule has 20 heavy (non-hydrogen) atoms. The summed E-state index contributed by atoms with van der Waals surface area (Å²) in [6, 6.07) is 10.6. The highest BCUT2D eigenvalue weighted by molar-refractivity contribution is 6.34. The summed E-state index contributed by atoms with van der Waals surface area (Å²) in [6.07, 6.45) is 0. The minimum atomic E-state index is -1.05. The molecule has 0 saturated heterocycles. The van der Waals surface area contributed by atoms with E-state index in [1.165, 1.54) is 18.2 Å². The van der Waals surface area contributed by atoms with E-state index >= 15 is 0 Å². The number of para-hydroxylation sites is 1. The van der Waals surface area contributed by atoms with Crippen LogP contribution in [0.25, 0.3) is 0 Å². The Balaban J connectivity index is 2.57. The van der Waals surface area contributed by atoms with E-state index in [-0.39, 0.29) is 11.4 Å². The highest BCUT2D eigenvalue weighted by Gasteiger charge is 2.19. The van der Waals surface area contributed by atoms with Crippen molar-refractivity contribution in [2.75, 3.05) is 11.4 Å². The summed E-state index contributed by atoms with van der Waals surface area (Å²) in [7, 11) is 0. The van der Waals surface area contributed by atoms with Crippen LogP contribution in [-0.2, 0) is 0 Å². The van der Waals surface area contributed by atoms with Crippen molar-refractivity contribution in [1.29, 1.82) is 0 Å². The molecule has 3 nitrogen and oxygen atoms in total. The Morgan fingerprint density at radius 3 is 2.45 bits per heavy atom.